The normalized spacial score (nSPS) is 12.3. The second-order valence-corrected chi connectivity index (χ2v) is 4.11. The summed E-state index contributed by atoms with van der Waals surface area (Å²) in [6, 6.07) is 6.30. The number of rotatable bonds is 4. The van der Waals surface area contributed by atoms with Crippen molar-refractivity contribution >= 4 is 21.9 Å². The third-order valence-corrected chi connectivity index (χ3v) is 2.84. The van der Waals surface area contributed by atoms with Crippen molar-refractivity contribution in [3.05, 3.63) is 35.4 Å². The van der Waals surface area contributed by atoms with E-state index in [0.717, 1.165) is 0 Å². The maximum absolute atomic E-state index is 12.6. The lowest BCUT2D eigenvalue weighted by Crippen LogP contribution is -2.45. The molecule has 0 spiro atoms. The Morgan fingerprint density at radius 2 is 1.63 bits per heavy atom. The molecule has 0 aliphatic rings. The van der Waals surface area contributed by atoms with Crippen LogP contribution < -0.4 is 0 Å². The molecule has 8 heteroatoms. The number of esters is 1. The SMILES string of the molecule is O=C(OCc1ccccc1CBr)C(F)(F)C(F)(F)F. The molecular weight excluding hydrogens is 339 g/mol. The Balaban J connectivity index is 2.75. The quantitative estimate of drug-likeness (QED) is 0.470. The number of carbonyl (C=O) groups is 1. The fourth-order valence-corrected chi connectivity index (χ4v) is 1.73. The van der Waals surface area contributed by atoms with E-state index in [1.54, 1.807) is 18.2 Å². The van der Waals surface area contributed by atoms with Gasteiger partial charge in [-0.05, 0) is 11.1 Å². The van der Waals surface area contributed by atoms with Gasteiger partial charge in [0.25, 0.3) is 0 Å². The average Bonchev–Trinajstić information content (AvgIpc) is 2.34. The van der Waals surface area contributed by atoms with Crippen molar-refractivity contribution < 1.29 is 31.5 Å². The molecule has 1 aromatic rings. The molecule has 1 rings (SSSR count). The van der Waals surface area contributed by atoms with Crippen LogP contribution in [-0.2, 0) is 21.5 Å². The van der Waals surface area contributed by atoms with E-state index >= 15 is 0 Å². The lowest BCUT2D eigenvalue weighted by molar-refractivity contribution is -0.281. The molecular formula is C11H8BrF5O2. The van der Waals surface area contributed by atoms with Crippen molar-refractivity contribution in [2.75, 3.05) is 0 Å². The fourth-order valence-electron chi connectivity index (χ4n) is 1.18. The molecule has 0 aromatic heterocycles. The van der Waals surface area contributed by atoms with Gasteiger partial charge in [0.2, 0.25) is 0 Å². The van der Waals surface area contributed by atoms with Crippen LogP contribution in [-0.4, -0.2) is 18.1 Å². The van der Waals surface area contributed by atoms with Crippen molar-refractivity contribution in [2.24, 2.45) is 0 Å². The van der Waals surface area contributed by atoms with Crippen LogP contribution in [0.15, 0.2) is 24.3 Å². The Labute approximate surface area is 113 Å². The average molecular weight is 347 g/mol. The Kier molecular flexibility index (Phi) is 4.89. The summed E-state index contributed by atoms with van der Waals surface area (Å²) in [7, 11) is 0. The predicted molar refractivity (Wildman–Crippen MR) is 59.9 cm³/mol. The summed E-state index contributed by atoms with van der Waals surface area (Å²) < 4.78 is 64.9. The smallest absolute Gasteiger partial charge is 0.456 e. The third kappa shape index (κ3) is 3.65. The zero-order chi connectivity index (χ0) is 14.7. The Morgan fingerprint density at radius 1 is 1.11 bits per heavy atom. The monoisotopic (exact) mass is 346 g/mol. The minimum Gasteiger partial charge on any atom is -0.456 e. The van der Waals surface area contributed by atoms with E-state index in [0.29, 0.717) is 16.5 Å². The largest absolute Gasteiger partial charge is 0.465 e. The van der Waals surface area contributed by atoms with Crippen molar-refractivity contribution in [3.63, 3.8) is 0 Å². The minimum absolute atomic E-state index is 0.352. The summed E-state index contributed by atoms with van der Waals surface area (Å²) >= 11 is 3.12. The van der Waals surface area contributed by atoms with Gasteiger partial charge in [0, 0.05) is 5.33 Å². The molecule has 0 fully saturated rings. The van der Waals surface area contributed by atoms with Crippen LogP contribution in [0.1, 0.15) is 11.1 Å². The van der Waals surface area contributed by atoms with Gasteiger partial charge in [-0.15, -0.1) is 0 Å². The van der Waals surface area contributed by atoms with Crippen LogP contribution in [0.5, 0.6) is 0 Å². The first-order valence-corrected chi connectivity index (χ1v) is 6.07. The van der Waals surface area contributed by atoms with Gasteiger partial charge in [-0.2, -0.15) is 22.0 Å². The number of halogens is 6. The molecule has 0 aliphatic carbocycles. The van der Waals surface area contributed by atoms with Crippen molar-refractivity contribution in [1.82, 2.24) is 0 Å². The van der Waals surface area contributed by atoms with Crippen molar-refractivity contribution in [1.29, 1.82) is 0 Å². The van der Waals surface area contributed by atoms with Gasteiger partial charge in [-0.1, -0.05) is 40.2 Å². The Morgan fingerprint density at radius 3 is 2.11 bits per heavy atom. The Bertz CT molecular complexity index is 459. The first-order valence-electron chi connectivity index (χ1n) is 4.94. The van der Waals surface area contributed by atoms with E-state index in [2.05, 4.69) is 20.7 Å². The molecule has 19 heavy (non-hydrogen) atoms. The number of carbonyl (C=O) groups excluding carboxylic acids is 1. The molecule has 0 unspecified atom stereocenters. The molecule has 0 amide bonds. The number of hydrogen-bond acceptors (Lipinski definition) is 2. The highest BCUT2D eigenvalue weighted by Crippen LogP contribution is 2.36. The topological polar surface area (TPSA) is 26.3 Å². The summed E-state index contributed by atoms with van der Waals surface area (Å²) in [6.07, 6.45) is -5.96. The van der Waals surface area contributed by atoms with Gasteiger partial charge in [0.05, 0.1) is 0 Å². The summed E-state index contributed by atoms with van der Waals surface area (Å²) in [5, 5.41) is 0.358. The number of alkyl halides is 6. The van der Waals surface area contributed by atoms with Crippen molar-refractivity contribution in [3.8, 4) is 0 Å². The van der Waals surface area contributed by atoms with Crippen LogP contribution in [0.4, 0.5) is 22.0 Å². The first kappa shape index (κ1) is 15.9. The molecule has 1 aromatic carbocycles. The zero-order valence-electron chi connectivity index (χ0n) is 9.31. The maximum atomic E-state index is 12.6. The van der Waals surface area contributed by atoms with Crippen LogP contribution >= 0.6 is 15.9 Å². The lowest BCUT2D eigenvalue weighted by Gasteiger charge is -2.18. The molecule has 2 nitrogen and oxygen atoms in total. The molecule has 0 heterocycles. The van der Waals surface area contributed by atoms with Crippen molar-refractivity contribution in [2.45, 2.75) is 24.0 Å². The van der Waals surface area contributed by atoms with Crippen LogP contribution in [0.25, 0.3) is 0 Å². The summed E-state index contributed by atoms with van der Waals surface area (Å²) in [4.78, 5) is 10.8. The molecule has 0 saturated heterocycles. The van der Waals surface area contributed by atoms with Crippen LogP contribution in [0.2, 0.25) is 0 Å². The molecule has 106 valence electrons. The van der Waals surface area contributed by atoms with Gasteiger partial charge in [-0.25, -0.2) is 4.79 Å². The van der Waals surface area contributed by atoms with Gasteiger partial charge < -0.3 is 4.74 Å². The van der Waals surface area contributed by atoms with Crippen LogP contribution in [0.3, 0.4) is 0 Å². The van der Waals surface area contributed by atoms with E-state index in [4.69, 9.17) is 0 Å². The molecule has 0 N–H and O–H groups in total. The highest BCUT2D eigenvalue weighted by Gasteiger charge is 2.64. The molecule has 0 atom stereocenters. The summed E-state index contributed by atoms with van der Waals surface area (Å²) in [5.74, 6) is -8.11. The zero-order valence-corrected chi connectivity index (χ0v) is 10.9. The molecule has 0 saturated carbocycles. The van der Waals surface area contributed by atoms with Gasteiger partial charge in [0.1, 0.15) is 6.61 Å². The number of hydrogen-bond donors (Lipinski definition) is 0. The Hall–Kier alpha value is -1.18. The predicted octanol–water partition coefficient (Wildman–Crippen LogP) is 3.82. The van der Waals surface area contributed by atoms with Gasteiger partial charge >= 0.3 is 18.1 Å². The highest BCUT2D eigenvalue weighted by atomic mass is 79.9. The summed E-state index contributed by atoms with van der Waals surface area (Å²) in [5.41, 5.74) is 0.983. The molecule has 0 radical (unpaired) electrons. The summed E-state index contributed by atoms with van der Waals surface area (Å²) in [6.45, 7) is -0.647. The standard InChI is InChI=1S/C11H8BrF5O2/c12-5-7-3-1-2-4-8(7)6-19-9(18)10(13,14)11(15,16)17/h1-4H,5-6H2. The first-order chi connectivity index (χ1) is 8.70. The second kappa shape index (κ2) is 5.85. The van der Waals surface area contributed by atoms with Gasteiger partial charge in [0.15, 0.2) is 0 Å². The number of ether oxygens (including phenoxy) is 1. The maximum Gasteiger partial charge on any atom is 0.465 e. The minimum atomic E-state index is -5.96. The third-order valence-electron chi connectivity index (χ3n) is 2.23. The highest BCUT2D eigenvalue weighted by molar-refractivity contribution is 9.08. The van der Waals surface area contributed by atoms with Crippen LogP contribution in [0, 0.1) is 0 Å². The lowest BCUT2D eigenvalue weighted by atomic mass is 10.1. The van der Waals surface area contributed by atoms with E-state index < -0.39 is 24.7 Å². The van der Waals surface area contributed by atoms with E-state index in [1.807, 2.05) is 0 Å². The van der Waals surface area contributed by atoms with E-state index in [-0.39, 0.29) is 0 Å². The second-order valence-electron chi connectivity index (χ2n) is 3.55. The number of benzene rings is 1. The molecule has 0 aliphatic heterocycles. The van der Waals surface area contributed by atoms with E-state index in [1.165, 1.54) is 6.07 Å². The van der Waals surface area contributed by atoms with E-state index in [9.17, 15) is 26.7 Å². The fraction of sp³-hybridized carbons (Fsp3) is 0.364. The van der Waals surface area contributed by atoms with Gasteiger partial charge in [-0.3, -0.25) is 0 Å². The molecule has 0 bridgehead atoms.